The summed E-state index contributed by atoms with van der Waals surface area (Å²) in [5.74, 6) is 0.115. The van der Waals surface area contributed by atoms with Crippen molar-refractivity contribution in [2.75, 3.05) is 24.9 Å². The van der Waals surface area contributed by atoms with Gasteiger partial charge in [-0.15, -0.1) is 0 Å². The number of hydrogen-bond acceptors (Lipinski definition) is 4. The van der Waals surface area contributed by atoms with Gasteiger partial charge in [0.15, 0.2) is 0 Å². The molecule has 1 aliphatic heterocycles. The van der Waals surface area contributed by atoms with E-state index in [4.69, 9.17) is 4.74 Å². The van der Waals surface area contributed by atoms with Crippen LogP contribution in [0.3, 0.4) is 0 Å². The number of methoxy groups -OCH3 is 1. The molecule has 146 valence electrons. The van der Waals surface area contributed by atoms with Gasteiger partial charge >= 0.3 is 6.18 Å². The van der Waals surface area contributed by atoms with E-state index < -0.39 is 26.7 Å². The van der Waals surface area contributed by atoms with Crippen LogP contribution in [0.5, 0.6) is 5.75 Å². The Labute approximate surface area is 155 Å². The topological polar surface area (TPSA) is 67.4 Å². The zero-order valence-corrected chi connectivity index (χ0v) is 15.3. The van der Waals surface area contributed by atoms with E-state index in [1.54, 1.807) is 18.2 Å². The molecule has 1 aliphatic rings. The third kappa shape index (κ3) is 4.36. The van der Waals surface area contributed by atoms with Crippen LogP contribution in [-0.2, 0) is 16.2 Å². The molecule has 3 rings (SSSR count). The summed E-state index contributed by atoms with van der Waals surface area (Å²) in [6, 6.07) is 9.24. The molecule has 0 spiro atoms. The first-order chi connectivity index (χ1) is 12.7. The summed E-state index contributed by atoms with van der Waals surface area (Å²) in [4.78, 5) is -0.562. The molecule has 27 heavy (non-hydrogen) atoms. The Balaban J connectivity index is 1.94. The first-order valence-electron chi connectivity index (χ1n) is 8.29. The molecule has 1 unspecified atom stereocenters. The quantitative estimate of drug-likeness (QED) is 0.805. The number of hydrogen-bond donors (Lipinski definition) is 2. The van der Waals surface area contributed by atoms with Crippen molar-refractivity contribution in [3.63, 3.8) is 0 Å². The normalized spacial score (nSPS) is 17.7. The minimum atomic E-state index is -4.66. The average Bonchev–Trinajstić information content (AvgIpc) is 3.15. The lowest BCUT2D eigenvalue weighted by atomic mass is 9.98. The fourth-order valence-electron chi connectivity index (χ4n) is 3.07. The van der Waals surface area contributed by atoms with E-state index in [1.165, 1.54) is 7.11 Å². The van der Waals surface area contributed by atoms with Crippen molar-refractivity contribution in [2.24, 2.45) is 0 Å². The predicted molar refractivity (Wildman–Crippen MR) is 95.5 cm³/mol. The maximum atomic E-state index is 13.0. The maximum Gasteiger partial charge on any atom is 0.416 e. The number of anilines is 1. The minimum Gasteiger partial charge on any atom is -0.495 e. The number of halogens is 3. The smallest absolute Gasteiger partial charge is 0.416 e. The summed E-state index contributed by atoms with van der Waals surface area (Å²) in [5, 5.41) is 3.24. The lowest BCUT2D eigenvalue weighted by Gasteiger charge is -2.15. The molecule has 1 heterocycles. The predicted octanol–water partition coefficient (Wildman–Crippen LogP) is 3.59. The van der Waals surface area contributed by atoms with Gasteiger partial charge in [-0.3, -0.25) is 4.72 Å². The highest BCUT2D eigenvalue weighted by molar-refractivity contribution is 7.92. The van der Waals surface area contributed by atoms with Crippen LogP contribution in [0.15, 0.2) is 47.4 Å². The van der Waals surface area contributed by atoms with Gasteiger partial charge in [0.1, 0.15) is 10.6 Å². The highest BCUT2D eigenvalue weighted by Crippen LogP contribution is 2.35. The second kappa shape index (κ2) is 7.40. The van der Waals surface area contributed by atoms with Gasteiger partial charge in [0.25, 0.3) is 10.0 Å². The van der Waals surface area contributed by atoms with Crippen LogP contribution >= 0.6 is 0 Å². The Morgan fingerprint density at radius 1 is 1.19 bits per heavy atom. The monoisotopic (exact) mass is 400 g/mol. The molecule has 0 bridgehead atoms. The summed E-state index contributed by atoms with van der Waals surface area (Å²) < 4.78 is 71.7. The van der Waals surface area contributed by atoms with Crippen LogP contribution in [0.1, 0.15) is 23.5 Å². The highest BCUT2D eigenvalue weighted by Gasteiger charge is 2.33. The van der Waals surface area contributed by atoms with E-state index >= 15 is 0 Å². The number of nitrogens with one attached hydrogen (secondary N) is 2. The third-order valence-corrected chi connectivity index (χ3v) is 5.85. The largest absolute Gasteiger partial charge is 0.495 e. The molecular formula is C18H19F3N2O3S. The number of alkyl halides is 3. The zero-order valence-electron chi connectivity index (χ0n) is 14.5. The maximum absolute atomic E-state index is 13.0. The van der Waals surface area contributed by atoms with Crippen LogP contribution in [0.25, 0.3) is 0 Å². The van der Waals surface area contributed by atoms with E-state index in [2.05, 4.69) is 10.0 Å². The van der Waals surface area contributed by atoms with Gasteiger partial charge in [-0.25, -0.2) is 8.42 Å². The number of benzene rings is 2. The Hall–Kier alpha value is -2.26. The summed E-state index contributed by atoms with van der Waals surface area (Å²) >= 11 is 0. The van der Waals surface area contributed by atoms with Crippen molar-refractivity contribution in [3.8, 4) is 5.75 Å². The lowest BCUT2D eigenvalue weighted by Crippen LogP contribution is -2.16. The van der Waals surface area contributed by atoms with Crippen molar-refractivity contribution in [1.82, 2.24) is 5.32 Å². The number of ether oxygens (including phenoxy) is 1. The third-order valence-electron chi connectivity index (χ3n) is 4.45. The summed E-state index contributed by atoms with van der Waals surface area (Å²) in [5.41, 5.74) is 0.199. The van der Waals surface area contributed by atoms with Gasteiger partial charge in [0, 0.05) is 12.2 Å². The van der Waals surface area contributed by atoms with Crippen LogP contribution in [0, 0.1) is 0 Å². The molecule has 0 aromatic heterocycles. The summed E-state index contributed by atoms with van der Waals surface area (Å²) in [6.45, 7) is 1.69. The van der Waals surface area contributed by atoms with Crippen molar-refractivity contribution in [1.29, 1.82) is 0 Å². The van der Waals surface area contributed by atoms with Crippen molar-refractivity contribution in [2.45, 2.75) is 23.4 Å². The molecule has 0 amide bonds. The van der Waals surface area contributed by atoms with Gasteiger partial charge in [0.05, 0.1) is 12.7 Å². The second-order valence-electron chi connectivity index (χ2n) is 6.28. The Morgan fingerprint density at radius 3 is 2.59 bits per heavy atom. The summed E-state index contributed by atoms with van der Waals surface area (Å²) in [7, 11) is -3.07. The van der Waals surface area contributed by atoms with Gasteiger partial charge in [0.2, 0.25) is 0 Å². The molecule has 1 fully saturated rings. The van der Waals surface area contributed by atoms with E-state index in [0.717, 1.165) is 37.2 Å². The highest BCUT2D eigenvalue weighted by atomic mass is 32.2. The molecule has 1 saturated heterocycles. The second-order valence-corrected chi connectivity index (χ2v) is 7.93. The van der Waals surface area contributed by atoms with Crippen LogP contribution in [-0.4, -0.2) is 28.6 Å². The zero-order chi connectivity index (χ0) is 19.7. The van der Waals surface area contributed by atoms with E-state index in [1.807, 2.05) is 6.07 Å². The molecule has 9 heteroatoms. The molecular weight excluding hydrogens is 381 g/mol. The van der Waals surface area contributed by atoms with Gasteiger partial charge in [-0.2, -0.15) is 13.2 Å². The SMILES string of the molecule is COc1ccc(C(F)(F)F)cc1S(=O)(=O)Nc1cccc(C2CCNC2)c1. The van der Waals surface area contributed by atoms with Crippen LogP contribution in [0.4, 0.5) is 18.9 Å². The van der Waals surface area contributed by atoms with E-state index in [0.29, 0.717) is 11.8 Å². The molecule has 5 nitrogen and oxygen atoms in total. The summed E-state index contributed by atoms with van der Waals surface area (Å²) in [6.07, 6.45) is -3.72. The fraction of sp³-hybridized carbons (Fsp3) is 0.333. The minimum absolute atomic E-state index is 0.161. The Morgan fingerprint density at radius 2 is 1.96 bits per heavy atom. The van der Waals surface area contributed by atoms with Gasteiger partial charge in [-0.05, 0) is 54.8 Å². The first kappa shape index (κ1) is 19.5. The molecule has 2 aromatic rings. The molecule has 1 atom stereocenters. The van der Waals surface area contributed by atoms with Crippen molar-refractivity contribution < 1.29 is 26.3 Å². The van der Waals surface area contributed by atoms with E-state index in [9.17, 15) is 21.6 Å². The van der Waals surface area contributed by atoms with Gasteiger partial charge < -0.3 is 10.1 Å². The lowest BCUT2D eigenvalue weighted by molar-refractivity contribution is -0.137. The van der Waals surface area contributed by atoms with Gasteiger partial charge in [-0.1, -0.05) is 12.1 Å². The van der Waals surface area contributed by atoms with Crippen LogP contribution < -0.4 is 14.8 Å². The number of rotatable bonds is 5. The molecule has 0 saturated carbocycles. The van der Waals surface area contributed by atoms with E-state index in [-0.39, 0.29) is 11.7 Å². The standard InChI is InChI=1S/C18H19F3N2O3S/c1-26-16-6-5-14(18(19,20)21)10-17(16)27(24,25)23-15-4-2-3-12(9-15)13-7-8-22-11-13/h2-6,9-10,13,22-23H,7-8,11H2,1H3. The van der Waals surface area contributed by atoms with Crippen molar-refractivity contribution >= 4 is 15.7 Å². The molecule has 2 aromatic carbocycles. The Bertz CT molecular complexity index is 924. The number of sulfonamides is 1. The molecule has 0 radical (unpaired) electrons. The average molecular weight is 400 g/mol. The van der Waals surface area contributed by atoms with Crippen LogP contribution in [0.2, 0.25) is 0 Å². The molecule has 0 aliphatic carbocycles. The first-order valence-corrected chi connectivity index (χ1v) is 9.78. The molecule has 2 N–H and O–H groups in total. The Kier molecular flexibility index (Phi) is 5.34. The van der Waals surface area contributed by atoms with Crippen molar-refractivity contribution in [3.05, 3.63) is 53.6 Å². The fourth-order valence-corrected chi connectivity index (χ4v) is 4.31.